The summed E-state index contributed by atoms with van der Waals surface area (Å²) in [6.07, 6.45) is 4.93. The third-order valence-electron chi connectivity index (χ3n) is 2.41. The van der Waals surface area contributed by atoms with E-state index in [1.54, 1.807) is 7.11 Å². The van der Waals surface area contributed by atoms with Crippen molar-refractivity contribution in [1.82, 2.24) is 0 Å². The number of ether oxygens (including phenoxy) is 1. The molecule has 0 aromatic carbocycles. The van der Waals surface area contributed by atoms with Crippen LogP contribution in [0.25, 0.3) is 0 Å². The molecular formula is C8H18ClNO. The van der Waals surface area contributed by atoms with Crippen molar-refractivity contribution in [3.05, 3.63) is 0 Å². The first kappa shape index (κ1) is 11.2. The van der Waals surface area contributed by atoms with Crippen LogP contribution in [0, 0.1) is 0 Å². The van der Waals surface area contributed by atoms with Gasteiger partial charge in [0.25, 0.3) is 0 Å². The van der Waals surface area contributed by atoms with Crippen LogP contribution in [0.5, 0.6) is 0 Å². The fourth-order valence-electron chi connectivity index (χ4n) is 1.49. The lowest BCUT2D eigenvalue weighted by molar-refractivity contribution is 0.0531. The van der Waals surface area contributed by atoms with Crippen LogP contribution in [0.1, 0.15) is 32.6 Å². The lowest BCUT2D eigenvalue weighted by atomic mass is 9.83. The van der Waals surface area contributed by atoms with Crippen LogP contribution in [-0.2, 0) is 4.74 Å². The Kier molecular flexibility index (Phi) is 4.37. The summed E-state index contributed by atoms with van der Waals surface area (Å²) in [6.45, 7) is 2.12. The van der Waals surface area contributed by atoms with E-state index in [2.05, 4.69) is 6.92 Å². The summed E-state index contributed by atoms with van der Waals surface area (Å²) >= 11 is 0. The summed E-state index contributed by atoms with van der Waals surface area (Å²) in [5, 5.41) is 0. The maximum atomic E-state index is 5.94. The third-order valence-corrected chi connectivity index (χ3v) is 2.41. The zero-order valence-electron chi connectivity index (χ0n) is 7.30. The summed E-state index contributed by atoms with van der Waals surface area (Å²) in [5.74, 6) is 0. The molecule has 1 aliphatic carbocycles. The second kappa shape index (κ2) is 4.29. The van der Waals surface area contributed by atoms with Gasteiger partial charge in [-0.25, -0.2) is 0 Å². The highest BCUT2D eigenvalue weighted by Crippen LogP contribution is 2.26. The highest BCUT2D eigenvalue weighted by molar-refractivity contribution is 5.85. The Labute approximate surface area is 74.9 Å². The molecule has 0 aromatic heterocycles. The Balaban J connectivity index is 0.000001000. The Morgan fingerprint density at radius 3 is 2.18 bits per heavy atom. The van der Waals surface area contributed by atoms with Crippen molar-refractivity contribution in [2.75, 3.05) is 7.11 Å². The summed E-state index contributed by atoms with van der Waals surface area (Å²) in [4.78, 5) is 0. The quantitative estimate of drug-likeness (QED) is 0.666. The zero-order valence-corrected chi connectivity index (χ0v) is 8.12. The first-order valence-corrected chi connectivity index (χ1v) is 3.96. The molecule has 3 heteroatoms. The second-order valence-corrected chi connectivity index (χ2v) is 3.59. The Morgan fingerprint density at radius 2 is 1.82 bits per heavy atom. The van der Waals surface area contributed by atoms with E-state index in [4.69, 9.17) is 10.5 Å². The molecule has 0 aliphatic heterocycles. The SMILES string of the molecule is CO[C@H]1CC[C@](C)(N)CC1.Cl. The van der Waals surface area contributed by atoms with Crippen LogP contribution in [0.3, 0.4) is 0 Å². The predicted octanol–water partition coefficient (Wildman–Crippen LogP) is 1.71. The van der Waals surface area contributed by atoms with Gasteiger partial charge in [0, 0.05) is 12.6 Å². The Bertz CT molecular complexity index is 107. The number of halogens is 1. The summed E-state index contributed by atoms with van der Waals surface area (Å²) in [6, 6.07) is 0. The van der Waals surface area contributed by atoms with Crippen LogP contribution in [0.15, 0.2) is 0 Å². The second-order valence-electron chi connectivity index (χ2n) is 3.59. The van der Waals surface area contributed by atoms with Gasteiger partial charge in [-0.2, -0.15) is 0 Å². The molecule has 0 heterocycles. The van der Waals surface area contributed by atoms with Gasteiger partial charge in [-0.15, -0.1) is 12.4 Å². The van der Waals surface area contributed by atoms with Crippen molar-refractivity contribution in [2.24, 2.45) is 5.73 Å². The Hall–Kier alpha value is 0.210. The van der Waals surface area contributed by atoms with Gasteiger partial charge in [-0.3, -0.25) is 0 Å². The first-order valence-electron chi connectivity index (χ1n) is 3.96. The van der Waals surface area contributed by atoms with Crippen LogP contribution in [0.2, 0.25) is 0 Å². The lowest BCUT2D eigenvalue weighted by Crippen LogP contribution is -2.41. The average Bonchev–Trinajstić information content (AvgIpc) is 1.88. The normalized spacial score (nSPS) is 37.9. The summed E-state index contributed by atoms with van der Waals surface area (Å²) in [7, 11) is 1.78. The molecule has 1 rings (SSSR count). The number of rotatable bonds is 1. The molecule has 0 unspecified atom stereocenters. The van der Waals surface area contributed by atoms with Crippen molar-refractivity contribution < 1.29 is 4.74 Å². The number of hydrogen-bond donors (Lipinski definition) is 1. The fraction of sp³-hybridized carbons (Fsp3) is 1.00. The van der Waals surface area contributed by atoms with Crippen LogP contribution >= 0.6 is 12.4 Å². The molecule has 0 amide bonds. The van der Waals surface area contributed by atoms with E-state index in [1.165, 1.54) is 0 Å². The minimum Gasteiger partial charge on any atom is -0.381 e. The van der Waals surface area contributed by atoms with Crippen LogP contribution in [0.4, 0.5) is 0 Å². The molecule has 0 spiro atoms. The minimum atomic E-state index is 0. The van der Waals surface area contributed by atoms with Crippen molar-refractivity contribution in [2.45, 2.75) is 44.2 Å². The van der Waals surface area contributed by atoms with E-state index >= 15 is 0 Å². The highest BCUT2D eigenvalue weighted by atomic mass is 35.5. The third kappa shape index (κ3) is 3.41. The number of nitrogens with two attached hydrogens (primary N) is 1. The number of methoxy groups -OCH3 is 1. The highest BCUT2D eigenvalue weighted by Gasteiger charge is 2.26. The molecule has 1 saturated carbocycles. The van der Waals surface area contributed by atoms with E-state index < -0.39 is 0 Å². The molecular weight excluding hydrogens is 162 g/mol. The maximum Gasteiger partial charge on any atom is 0.0572 e. The average molecular weight is 180 g/mol. The van der Waals surface area contributed by atoms with Gasteiger partial charge >= 0.3 is 0 Å². The van der Waals surface area contributed by atoms with Crippen LogP contribution in [-0.4, -0.2) is 18.8 Å². The topological polar surface area (TPSA) is 35.2 Å². The number of hydrogen-bond acceptors (Lipinski definition) is 2. The standard InChI is InChI=1S/C8H17NO.ClH/c1-8(9)5-3-7(10-2)4-6-8;/h7H,3-6,9H2,1-2H3;1H/t7-,8-;. The van der Waals surface area contributed by atoms with E-state index in [-0.39, 0.29) is 17.9 Å². The minimum absolute atomic E-state index is 0. The molecule has 68 valence electrons. The van der Waals surface area contributed by atoms with Gasteiger partial charge in [-0.05, 0) is 32.6 Å². The van der Waals surface area contributed by atoms with E-state index in [0.717, 1.165) is 25.7 Å². The molecule has 0 saturated heterocycles. The van der Waals surface area contributed by atoms with E-state index in [1.807, 2.05) is 0 Å². The summed E-state index contributed by atoms with van der Waals surface area (Å²) in [5.41, 5.74) is 6.02. The fourth-order valence-corrected chi connectivity index (χ4v) is 1.49. The molecule has 0 radical (unpaired) electrons. The molecule has 2 N–H and O–H groups in total. The van der Waals surface area contributed by atoms with Crippen molar-refractivity contribution in [3.8, 4) is 0 Å². The predicted molar refractivity (Wildman–Crippen MR) is 49.1 cm³/mol. The van der Waals surface area contributed by atoms with Crippen molar-refractivity contribution >= 4 is 12.4 Å². The van der Waals surface area contributed by atoms with Gasteiger partial charge < -0.3 is 10.5 Å². The van der Waals surface area contributed by atoms with Gasteiger partial charge in [0.05, 0.1) is 6.10 Å². The van der Waals surface area contributed by atoms with Crippen LogP contribution < -0.4 is 5.73 Å². The van der Waals surface area contributed by atoms with E-state index in [0.29, 0.717) is 6.10 Å². The van der Waals surface area contributed by atoms with Gasteiger partial charge in [0.15, 0.2) is 0 Å². The van der Waals surface area contributed by atoms with Crippen molar-refractivity contribution in [3.63, 3.8) is 0 Å². The lowest BCUT2D eigenvalue weighted by Gasteiger charge is -2.33. The molecule has 1 aliphatic rings. The molecule has 2 nitrogen and oxygen atoms in total. The molecule has 0 aromatic rings. The molecule has 0 atom stereocenters. The largest absolute Gasteiger partial charge is 0.381 e. The summed E-state index contributed by atoms with van der Waals surface area (Å²) < 4.78 is 5.23. The molecule has 1 fully saturated rings. The Morgan fingerprint density at radius 1 is 1.36 bits per heavy atom. The van der Waals surface area contributed by atoms with Gasteiger partial charge in [0.2, 0.25) is 0 Å². The molecule has 0 bridgehead atoms. The zero-order chi connectivity index (χ0) is 7.61. The monoisotopic (exact) mass is 179 g/mol. The van der Waals surface area contributed by atoms with Gasteiger partial charge in [0.1, 0.15) is 0 Å². The van der Waals surface area contributed by atoms with E-state index in [9.17, 15) is 0 Å². The smallest absolute Gasteiger partial charge is 0.0572 e. The first-order chi connectivity index (χ1) is 4.64. The molecule has 11 heavy (non-hydrogen) atoms. The maximum absolute atomic E-state index is 5.94. The van der Waals surface area contributed by atoms with Gasteiger partial charge in [-0.1, -0.05) is 0 Å². The van der Waals surface area contributed by atoms with Crippen molar-refractivity contribution in [1.29, 1.82) is 0 Å².